The fourth-order valence-corrected chi connectivity index (χ4v) is 7.45. The number of esters is 2. The van der Waals surface area contributed by atoms with Crippen LogP contribution in [0.4, 0.5) is 0 Å². The topological polar surface area (TPSA) is 108 Å². The Balaban J connectivity index is 0.000000269. The summed E-state index contributed by atoms with van der Waals surface area (Å²) in [7, 11) is 2.00. The Hall–Kier alpha value is -5.10. The van der Waals surface area contributed by atoms with Gasteiger partial charge in [0.2, 0.25) is 10.0 Å². The van der Waals surface area contributed by atoms with Crippen LogP contribution in [0, 0.1) is 0 Å². The first-order chi connectivity index (χ1) is 25.1. The largest absolute Gasteiger partial charge is 0.497 e. The third kappa shape index (κ3) is 12.3. The SMILES string of the molecule is COC(=O)Cc1cccc(S(=O)(=O)N(Cc2ccc(OC)cc2)Cc2ccc(OC)cc2)c1.COC(=O)Cc1cccc(SCc2ccccc2)c1. The van der Waals surface area contributed by atoms with Gasteiger partial charge in [-0.1, -0.05) is 78.9 Å². The predicted octanol–water partition coefficient (Wildman–Crippen LogP) is 7.50. The number of rotatable bonds is 15. The molecule has 0 N–H and O–H groups in total. The Kier molecular flexibility index (Phi) is 15.3. The van der Waals surface area contributed by atoms with Crippen molar-refractivity contribution < 1.29 is 37.0 Å². The second-order valence-electron chi connectivity index (χ2n) is 11.5. The first kappa shape index (κ1) is 39.7. The van der Waals surface area contributed by atoms with Crippen molar-refractivity contribution in [3.8, 4) is 11.5 Å². The maximum absolute atomic E-state index is 13.7. The first-order valence-corrected chi connectivity index (χ1v) is 18.8. The molecule has 0 saturated heterocycles. The summed E-state index contributed by atoms with van der Waals surface area (Å²) in [5.41, 5.74) is 4.49. The minimum Gasteiger partial charge on any atom is -0.497 e. The fraction of sp³-hybridized carbons (Fsp3) is 0.220. The summed E-state index contributed by atoms with van der Waals surface area (Å²) in [4.78, 5) is 24.2. The monoisotopic (exact) mass is 741 g/mol. The van der Waals surface area contributed by atoms with E-state index in [1.54, 1.807) is 62.4 Å². The van der Waals surface area contributed by atoms with E-state index in [-0.39, 0.29) is 30.4 Å². The molecule has 0 radical (unpaired) electrons. The molecule has 0 heterocycles. The van der Waals surface area contributed by atoms with Crippen molar-refractivity contribution in [1.82, 2.24) is 4.31 Å². The summed E-state index contributed by atoms with van der Waals surface area (Å²) < 4.78 is 48.5. The smallest absolute Gasteiger partial charge is 0.309 e. The molecule has 0 atom stereocenters. The average Bonchev–Trinajstić information content (AvgIpc) is 3.18. The summed E-state index contributed by atoms with van der Waals surface area (Å²) in [5.74, 6) is 1.68. The van der Waals surface area contributed by atoms with E-state index in [0.717, 1.165) is 22.4 Å². The number of methoxy groups -OCH3 is 4. The standard InChI is InChI=1S/C25H27NO6S.C16H16O2S/c1-30-22-11-7-19(8-12-22)17-26(18-20-9-13-23(31-2)14-10-20)33(28,29)24-6-4-5-21(15-24)16-25(27)32-3;1-18-16(17)11-14-8-5-9-15(10-14)19-12-13-6-3-2-4-7-13/h4-15H,16-18H2,1-3H3;2-10H,11-12H2,1H3. The van der Waals surface area contributed by atoms with E-state index in [0.29, 0.717) is 23.5 Å². The molecule has 9 nitrogen and oxygen atoms in total. The number of thioether (sulfide) groups is 1. The highest BCUT2D eigenvalue weighted by Gasteiger charge is 2.26. The number of sulfonamides is 1. The number of hydrogen-bond donors (Lipinski definition) is 0. The number of carbonyl (C=O) groups is 2. The van der Waals surface area contributed by atoms with Gasteiger partial charge in [0.1, 0.15) is 11.5 Å². The molecule has 0 aliphatic rings. The van der Waals surface area contributed by atoms with Crippen molar-refractivity contribution in [1.29, 1.82) is 0 Å². The van der Waals surface area contributed by atoms with Gasteiger partial charge >= 0.3 is 11.9 Å². The highest BCUT2D eigenvalue weighted by Crippen LogP contribution is 2.25. The third-order valence-corrected chi connectivity index (χ3v) is 10.7. The van der Waals surface area contributed by atoms with Crippen LogP contribution >= 0.6 is 11.8 Å². The maximum atomic E-state index is 13.7. The van der Waals surface area contributed by atoms with E-state index in [2.05, 4.69) is 22.9 Å². The fourth-order valence-electron chi connectivity index (χ4n) is 5.02. The van der Waals surface area contributed by atoms with Crippen LogP contribution in [0.25, 0.3) is 0 Å². The van der Waals surface area contributed by atoms with E-state index in [1.165, 1.54) is 41.1 Å². The molecule has 0 amide bonds. The van der Waals surface area contributed by atoms with Gasteiger partial charge in [-0.05, 0) is 76.3 Å². The molecule has 0 aromatic heterocycles. The van der Waals surface area contributed by atoms with Crippen molar-refractivity contribution in [2.75, 3.05) is 28.4 Å². The summed E-state index contributed by atoms with van der Waals surface area (Å²) in [5, 5.41) is 0. The molecule has 5 aromatic rings. The Labute approximate surface area is 310 Å². The normalized spacial score (nSPS) is 10.9. The van der Waals surface area contributed by atoms with Gasteiger partial charge in [-0.3, -0.25) is 9.59 Å². The van der Waals surface area contributed by atoms with Gasteiger partial charge in [0, 0.05) is 23.7 Å². The van der Waals surface area contributed by atoms with E-state index in [9.17, 15) is 18.0 Å². The molecule has 0 saturated carbocycles. The summed E-state index contributed by atoms with van der Waals surface area (Å²) >= 11 is 1.77. The van der Waals surface area contributed by atoms with E-state index >= 15 is 0 Å². The zero-order valence-corrected chi connectivity index (χ0v) is 31.3. The van der Waals surface area contributed by atoms with Gasteiger partial charge in [0.15, 0.2) is 0 Å². The zero-order valence-electron chi connectivity index (χ0n) is 29.7. The van der Waals surface area contributed by atoms with Gasteiger partial charge < -0.3 is 18.9 Å². The van der Waals surface area contributed by atoms with Crippen molar-refractivity contribution >= 4 is 33.7 Å². The zero-order chi connectivity index (χ0) is 37.3. The number of nitrogens with zero attached hydrogens (tertiary/aromatic N) is 1. The second kappa shape index (κ2) is 20.1. The molecule has 11 heteroatoms. The van der Waals surface area contributed by atoms with E-state index < -0.39 is 16.0 Å². The van der Waals surface area contributed by atoms with Crippen molar-refractivity contribution in [2.45, 2.75) is 41.5 Å². The Morgan fingerprint density at radius 1 is 0.558 bits per heavy atom. The van der Waals surface area contributed by atoms with Gasteiger partial charge in [-0.25, -0.2) is 8.42 Å². The molecular formula is C41H43NO8S2. The second-order valence-corrected chi connectivity index (χ2v) is 14.5. The van der Waals surface area contributed by atoms with Gasteiger partial charge in [0.25, 0.3) is 0 Å². The molecule has 0 unspecified atom stereocenters. The summed E-state index contributed by atoms with van der Waals surface area (Å²) in [6, 6.07) is 39.3. The molecule has 0 spiro atoms. The lowest BCUT2D eigenvalue weighted by atomic mass is 10.1. The molecule has 0 fully saturated rings. The quantitative estimate of drug-likeness (QED) is 0.0796. The summed E-state index contributed by atoms with van der Waals surface area (Å²) in [6.07, 6.45) is 0.326. The molecule has 0 aliphatic carbocycles. The molecule has 272 valence electrons. The number of hydrogen-bond acceptors (Lipinski definition) is 9. The van der Waals surface area contributed by atoms with Crippen LogP contribution in [0.1, 0.15) is 27.8 Å². The number of carbonyl (C=O) groups excluding carboxylic acids is 2. The molecule has 5 rings (SSSR count). The summed E-state index contributed by atoms with van der Waals surface area (Å²) in [6.45, 7) is 0.333. The Morgan fingerprint density at radius 2 is 1.04 bits per heavy atom. The number of ether oxygens (including phenoxy) is 4. The van der Waals surface area contributed by atoms with Crippen LogP contribution in [-0.4, -0.2) is 53.1 Å². The highest BCUT2D eigenvalue weighted by molar-refractivity contribution is 7.98. The van der Waals surface area contributed by atoms with Crippen LogP contribution in [0.15, 0.2) is 137 Å². The Bertz CT molecular complexity index is 1930. The molecule has 52 heavy (non-hydrogen) atoms. The Morgan fingerprint density at radius 3 is 1.54 bits per heavy atom. The van der Waals surface area contributed by atoms with Gasteiger partial charge in [0.05, 0.1) is 46.2 Å². The molecule has 0 bridgehead atoms. The van der Waals surface area contributed by atoms with Crippen LogP contribution in [0.5, 0.6) is 11.5 Å². The molecular weight excluding hydrogens is 699 g/mol. The predicted molar refractivity (Wildman–Crippen MR) is 203 cm³/mol. The van der Waals surface area contributed by atoms with Crippen LogP contribution in [-0.2, 0) is 60.8 Å². The highest BCUT2D eigenvalue weighted by atomic mass is 32.2. The minimum absolute atomic E-state index is 0.00316. The van der Waals surface area contributed by atoms with Crippen LogP contribution in [0.3, 0.4) is 0 Å². The average molecular weight is 742 g/mol. The number of benzene rings is 5. The maximum Gasteiger partial charge on any atom is 0.309 e. The first-order valence-electron chi connectivity index (χ1n) is 16.4. The molecule has 0 aliphatic heterocycles. The van der Waals surface area contributed by atoms with Gasteiger partial charge in [-0.2, -0.15) is 4.31 Å². The van der Waals surface area contributed by atoms with Crippen LogP contribution < -0.4 is 9.47 Å². The van der Waals surface area contributed by atoms with Gasteiger partial charge in [-0.15, -0.1) is 11.8 Å². The lowest BCUT2D eigenvalue weighted by molar-refractivity contribution is -0.140. The van der Waals surface area contributed by atoms with E-state index in [4.69, 9.17) is 14.2 Å². The third-order valence-electron chi connectivity index (χ3n) is 7.87. The lowest BCUT2D eigenvalue weighted by Gasteiger charge is -2.23. The lowest BCUT2D eigenvalue weighted by Crippen LogP contribution is -2.30. The van der Waals surface area contributed by atoms with Crippen molar-refractivity contribution in [3.63, 3.8) is 0 Å². The van der Waals surface area contributed by atoms with Crippen molar-refractivity contribution in [3.05, 3.63) is 155 Å². The van der Waals surface area contributed by atoms with E-state index in [1.807, 2.05) is 60.7 Å². The molecule has 5 aromatic carbocycles. The van der Waals surface area contributed by atoms with Crippen LogP contribution in [0.2, 0.25) is 0 Å². The minimum atomic E-state index is -3.88. The van der Waals surface area contributed by atoms with Crippen molar-refractivity contribution in [2.24, 2.45) is 0 Å².